The summed E-state index contributed by atoms with van der Waals surface area (Å²) in [5.41, 5.74) is -0.237. The quantitative estimate of drug-likeness (QED) is 0.611. The van der Waals surface area contributed by atoms with Gasteiger partial charge in [0, 0.05) is 19.7 Å². The number of hydroxylamine groups is 2. The summed E-state index contributed by atoms with van der Waals surface area (Å²) in [5, 5.41) is 9.51. The van der Waals surface area contributed by atoms with Crippen LogP contribution in [0, 0.1) is 11.6 Å². The summed E-state index contributed by atoms with van der Waals surface area (Å²) < 4.78 is 26.1. The summed E-state index contributed by atoms with van der Waals surface area (Å²) in [6.07, 6.45) is 2.14. The summed E-state index contributed by atoms with van der Waals surface area (Å²) in [7, 11) is 1.37. The molecular formula is C13H17F2NO3. The molecule has 19 heavy (non-hydrogen) atoms. The lowest BCUT2D eigenvalue weighted by atomic mass is 10.2. The first-order valence-electron chi connectivity index (χ1n) is 6.03. The summed E-state index contributed by atoms with van der Waals surface area (Å²) >= 11 is 0. The topological polar surface area (TPSA) is 49.8 Å². The molecule has 1 N–H and O–H groups in total. The molecule has 0 fully saturated rings. The van der Waals surface area contributed by atoms with Crippen molar-refractivity contribution in [2.24, 2.45) is 0 Å². The lowest BCUT2D eigenvalue weighted by Gasteiger charge is -2.17. The molecule has 0 spiro atoms. The third-order valence-electron chi connectivity index (χ3n) is 2.53. The molecule has 0 saturated heterocycles. The second-order valence-electron chi connectivity index (χ2n) is 4.04. The Kier molecular flexibility index (Phi) is 6.38. The lowest BCUT2D eigenvalue weighted by molar-refractivity contribution is -0.107. The van der Waals surface area contributed by atoms with Crippen LogP contribution >= 0.6 is 0 Å². The van der Waals surface area contributed by atoms with Crippen molar-refractivity contribution >= 4 is 5.91 Å². The second kappa shape index (κ2) is 7.81. The van der Waals surface area contributed by atoms with E-state index in [1.54, 1.807) is 0 Å². The van der Waals surface area contributed by atoms with E-state index in [1.165, 1.54) is 7.05 Å². The fraction of sp³-hybridized carbons (Fsp3) is 0.462. The Morgan fingerprint density at radius 2 is 2.05 bits per heavy atom. The molecule has 0 bridgehead atoms. The molecule has 0 atom stereocenters. The number of unbranched alkanes of at least 4 members (excludes halogenated alkanes) is 2. The Morgan fingerprint density at radius 1 is 1.32 bits per heavy atom. The highest BCUT2D eigenvalue weighted by Crippen LogP contribution is 2.12. The molecule has 4 nitrogen and oxygen atoms in total. The predicted molar refractivity (Wildman–Crippen MR) is 65.3 cm³/mol. The van der Waals surface area contributed by atoms with Crippen LogP contribution in [0.5, 0.6) is 0 Å². The van der Waals surface area contributed by atoms with Gasteiger partial charge in [0.15, 0.2) is 0 Å². The Hall–Kier alpha value is -1.53. The van der Waals surface area contributed by atoms with E-state index in [-0.39, 0.29) is 12.2 Å². The van der Waals surface area contributed by atoms with Crippen LogP contribution in [0.25, 0.3) is 0 Å². The van der Waals surface area contributed by atoms with E-state index < -0.39 is 17.5 Å². The standard InChI is InChI=1S/C13H17F2NO3/c1-16(19-8-4-2-3-7-17)13(18)11-6-5-10(14)9-12(11)15/h5-6,9,17H,2-4,7-8H2,1H3. The van der Waals surface area contributed by atoms with Crippen LogP contribution in [0.1, 0.15) is 29.6 Å². The highest BCUT2D eigenvalue weighted by Gasteiger charge is 2.17. The number of benzene rings is 1. The van der Waals surface area contributed by atoms with E-state index in [0.29, 0.717) is 25.5 Å². The van der Waals surface area contributed by atoms with Gasteiger partial charge in [-0.15, -0.1) is 0 Å². The molecule has 0 unspecified atom stereocenters. The van der Waals surface area contributed by atoms with Crippen molar-refractivity contribution in [2.45, 2.75) is 19.3 Å². The number of nitrogens with zero attached hydrogens (tertiary/aromatic N) is 1. The van der Waals surface area contributed by atoms with Crippen molar-refractivity contribution in [1.82, 2.24) is 5.06 Å². The molecule has 0 heterocycles. The van der Waals surface area contributed by atoms with Crippen molar-refractivity contribution < 1.29 is 23.5 Å². The number of carbonyl (C=O) groups is 1. The number of amides is 1. The monoisotopic (exact) mass is 273 g/mol. The Balaban J connectivity index is 2.47. The van der Waals surface area contributed by atoms with Gasteiger partial charge in [-0.2, -0.15) is 0 Å². The molecule has 0 aliphatic rings. The van der Waals surface area contributed by atoms with Gasteiger partial charge in [-0.1, -0.05) is 0 Å². The molecule has 0 aliphatic heterocycles. The molecule has 1 aromatic rings. The summed E-state index contributed by atoms with van der Waals surface area (Å²) in [6.45, 7) is 0.417. The number of aliphatic hydroxyl groups excluding tert-OH is 1. The van der Waals surface area contributed by atoms with Gasteiger partial charge in [0.25, 0.3) is 5.91 Å². The Bertz CT molecular complexity index is 426. The molecular weight excluding hydrogens is 256 g/mol. The molecule has 0 radical (unpaired) electrons. The van der Waals surface area contributed by atoms with Crippen LogP contribution < -0.4 is 0 Å². The first-order valence-corrected chi connectivity index (χ1v) is 6.03. The van der Waals surface area contributed by atoms with E-state index in [1.807, 2.05) is 0 Å². The highest BCUT2D eigenvalue weighted by atomic mass is 19.1. The van der Waals surface area contributed by atoms with Crippen LogP contribution in [0.4, 0.5) is 8.78 Å². The minimum Gasteiger partial charge on any atom is -0.396 e. The van der Waals surface area contributed by atoms with E-state index in [2.05, 4.69) is 0 Å². The first kappa shape index (κ1) is 15.5. The van der Waals surface area contributed by atoms with Crippen molar-refractivity contribution in [3.8, 4) is 0 Å². The number of hydrogen-bond acceptors (Lipinski definition) is 3. The van der Waals surface area contributed by atoms with Crippen LogP contribution in [0.2, 0.25) is 0 Å². The molecule has 0 aliphatic carbocycles. The summed E-state index contributed by atoms with van der Waals surface area (Å²) in [4.78, 5) is 16.9. The maximum Gasteiger partial charge on any atom is 0.280 e. The van der Waals surface area contributed by atoms with E-state index >= 15 is 0 Å². The normalized spacial score (nSPS) is 10.5. The molecule has 1 amide bonds. The summed E-state index contributed by atoms with van der Waals surface area (Å²) in [5.74, 6) is -2.32. The van der Waals surface area contributed by atoms with Gasteiger partial charge in [-0.25, -0.2) is 13.8 Å². The van der Waals surface area contributed by atoms with Crippen molar-refractivity contribution in [2.75, 3.05) is 20.3 Å². The number of rotatable bonds is 7. The molecule has 6 heteroatoms. The van der Waals surface area contributed by atoms with Crippen molar-refractivity contribution in [3.05, 3.63) is 35.4 Å². The van der Waals surface area contributed by atoms with Gasteiger partial charge >= 0.3 is 0 Å². The number of aliphatic hydroxyl groups is 1. The van der Waals surface area contributed by atoms with Crippen molar-refractivity contribution in [1.29, 1.82) is 0 Å². The third kappa shape index (κ3) is 4.92. The van der Waals surface area contributed by atoms with E-state index in [9.17, 15) is 13.6 Å². The second-order valence-corrected chi connectivity index (χ2v) is 4.04. The Labute approximate surface area is 110 Å². The van der Waals surface area contributed by atoms with Gasteiger partial charge in [0.1, 0.15) is 11.6 Å². The Morgan fingerprint density at radius 3 is 2.68 bits per heavy atom. The molecule has 1 aromatic carbocycles. The van der Waals surface area contributed by atoms with Crippen molar-refractivity contribution in [3.63, 3.8) is 0 Å². The van der Waals surface area contributed by atoms with Gasteiger partial charge in [0.05, 0.1) is 12.2 Å². The SMILES string of the molecule is CN(OCCCCCO)C(=O)c1ccc(F)cc1F. The number of hydrogen-bond donors (Lipinski definition) is 1. The van der Waals surface area contributed by atoms with Crippen LogP contribution in [-0.4, -0.2) is 36.3 Å². The maximum atomic E-state index is 13.4. The van der Waals surface area contributed by atoms with Crippen LogP contribution in [0.3, 0.4) is 0 Å². The zero-order valence-corrected chi connectivity index (χ0v) is 10.7. The number of carbonyl (C=O) groups excluding carboxylic acids is 1. The average molecular weight is 273 g/mol. The third-order valence-corrected chi connectivity index (χ3v) is 2.53. The maximum absolute atomic E-state index is 13.4. The fourth-order valence-corrected chi connectivity index (χ4v) is 1.48. The number of halogens is 2. The van der Waals surface area contributed by atoms with Gasteiger partial charge in [-0.3, -0.25) is 9.63 Å². The van der Waals surface area contributed by atoms with E-state index in [4.69, 9.17) is 9.94 Å². The predicted octanol–water partition coefficient (Wildman–Crippen LogP) is 2.13. The van der Waals surface area contributed by atoms with Crippen LogP contribution in [0.15, 0.2) is 18.2 Å². The van der Waals surface area contributed by atoms with Gasteiger partial charge in [0.2, 0.25) is 0 Å². The van der Waals surface area contributed by atoms with E-state index in [0.717, 1.165) is 23.6 Å². The minimum absolute atomic E-state index is 0.121. The van der Waals surface area contributed by atoms with Gasteiger partial charge < -0.3 is 5.11 Å². The zero-order chi connectivity index (χ0) is 14.3. The molecule has 0 saturated carbocycles. The molecule has 1 rings (SSSR count). The molecule has 106 valence electrons. The zero-order valence-electron chi connectivity index (χ0n) is 10.7. The minimum atomic E-state index is -0.916. The highest BCUT2D eigenvalue weighted by molar-refractivity contribution is 5.93. The summed E-state index contributed by atoms with van der Waals surface area (Å²) in [6, 6.07) is 2.76. The lowest BCUT2D eigenvalue weighted by Crippen LogP contribution is -2.28. The largest absolute Gasteiger partial charge is 0.396 e. The van der Waals surface area contributed by atoms with Crippen LogP contribution in [-0.2, 0) is 4.84 Å². The fourth-order valence-electron chi connectivity index (χ4n) is 1.48. The first-order chi connectivity index (χ1) is 9.06. The van der Waals surface area contributed by atoms with Gasteiger partial charge in [-0.05, 0) is 31.4 Å². The average Bonchev–Trinajstić information content (AvgIpc) is 2.37. The smallest absolute Gasteiger partial charge is 0.280 e. The molecule has 0 aromatic heterocycles.